The minimum atomic E-state index is 0.331. The molecule has 140 valence electrons. The summed E-state index contributed by atoms with van der Waals surface area (Å²) in [6.07, 6.45) is 7.61. The fourth-order valence-electron chi connectivity index (χ4n) is 3.91. The third-order valence-electron chi connectivity index (χ3n) is 5.21. The summed E-state index contributed by atoms with van der Waals surface area (Å²) in [7, 11) is 0. The first-order valence-corrected chi connectivity index (χ1v) is 9.80. The number of hydrogen-bond donors (Lipinski definition) is 1. The number of likely N-dealkylation sites (tertiary alicyclic amines) is 1. The molecule has 1 spiro atoms. The van der Waals surface area contributed by atoms with E-state index in [1.807, 2.05) is 12.1 Å². The zero-order valence-corrected chi connectivity index (χ0v) is 15.8. The molecule has 2 aliphatic heterocycles. The summed E-state index contributed by atoms with van der Waals surface area (Å²) in [5.41, 5.74) is 0.331. The Bertz CT molecular complexity index is 528. The van der Waals surface area contributed by atoms with Crippen molar-refractivity contribution in [2.24, 2.45) is 16.3 Å². The minimum Gasteiger partial charge on any atom is -0.469 e. The van der Waals surface area contributed by atoms with Crippen molar-refractivity contribution in [2.75, 3.05) is 39.4 Å². The van der Waals surface area contributed by atoms with Crippen molar-refractivity contribution in [3.05, 3.63) is 24.2 Å². The van der Waals surface area contributed by atoms with Gasteiger partial charge >= 0.3 is 0 Å². The van der Waals surface area contributed by atoms with E-state index >= 15 is 0 Å². The molecule has 1 N–H and O–H groups in total. The first-order chi connectivity index (χ1) is 12.2. The van der Waals surface area contributed by atoms with Gasteiger partial charge in [0.05, 0.1) is 12.9 Å². The highest BCUT2D eigenvalue weighted by atomic mass is 16.5. The molecular weight excluding hydrogens is 314 g/mol. The standard InChI is InChI=1S/C20H33N3O2/c1-17(2)14-22-19(21-10-7-18-6-3-13-25-18)23-11-4-8-20(15-23)9-5-12-24-16-20/h3,6,13,17H,4-5,7-12,14-16H2,1-2H3,(H,21,22). The van der Waals surface area contributed by atoms with Crippen LogP contribution in [0.15, 0.2) is 27.8 Å². The van der Waals surface area contributed by atoms with Crippen molar-refractivity contribution in [1.82, 2.24) is 10.2 Å². The lowest BCUT2D eigenvalue weighted by Gasteiger charge is -2.45. The monoisotopic (exact) mass is 347 g/mol. The molecule has 0 bridgehead atoms. The van der Waals surface area contributed by atoms with Gasteiger partial charge in [0.1, 0.15) is 5.76 Å². The lowest BCUT2D eigenvalue weighted by atomic mass is 9.76. The van der Waals surface area contributed by atoms with Gasteiger partial charge in [0.2, 0.25) is 0 Å². The maximum Gasteiger partial charge on any atom is 0.193 e. The average Bonchev–Trinajstić information content (AvgIpc) is 3.12. The Morgan fingerprint density at radius 2 is 2.24 bits per heavy atom. The summed E-state index contributed by atoms with van der Waals surface area (Å²) in [4.78, 5) is 7.36. The minimum absolute atomic E-state index is 0.331. The van der Waals surface area contributed by atoms with Crippen LogP contribution < -0.4 is 5.32 Å². The number of nitrogens with one attached hydrogen (secondary N) is 1. The van der Waals surface area contributed by atoms with Gasteiger partial charge in [-0.05, 0) is 43.7 Å². The predicted octanol–water partition coefficient (Wildman–Crippen LogP) is 3.32. The van der Waals surface area contributed by atoms with Crippen molar-refractivity contribution in [1.29, 1.82) is 0 Å². The second-order valence-electron chi connectivity index (χ2n) is 8.00. The van der Waals surface area contributed by atoms with E-state index in [1.54, 1.807) is 6.26 Å². The first-order valence-electron chi connectivity index (χ1n) is 9.80. The summed E-state index contributed by atoms with van der Waals surface area (Å²) < 4.78 is 11.3. The van der Waals surface area contributed by atoms with E-state index in [1.165, 1.54) is 25.7 Å². The Morgan fingerprint density at radius 1 is 1.36 bits per heavy atom. The lowest BCUT2D eigenvalue weighted by molar-refractivity contribution is -0.0370. The largest absolute Gasteiger partial charge is 0.469 e. The molecule has 0 amide bonds. The summed E-state index contributed by atoms with van der Waals surface area (Å²) in [6, 6.07) is 3.97. The molecule has 1 unspecified atom stereocenters. The Balaban J connectivity index is 1.62. The van der Waals surface area contributed by atoms with Gasteiger partial charge in [0, 0.05) is 44.6 Å². The van der Waals surface area contributed by atoms with Gasteiger partial charge < -0.3 is 19.4 Å². The third-order valence-corrected chi connectivity index (χ3v) is 5.21. The number of aliphatic imine (C=N–C) groups is 1. The summed E-state index contributed by atoms with van der Waals surface area (Å²) in [5.74, 6) is 2.65. The third kappa shape index (κ3) is 5.24. The summed E-state index contributed by atoms with van der Waals surface area (Å²) in [5, 5.41) is 3.58. The van der Waals surface area contributed by atoms with Crippen LogP contribution in [0.4, 0.5) is 0 Å². The van der Waals surface area contributed by atoms with Crippen LogP contribution in [-0.4, -0.2) is 50.3 Å². The van der Waals surface area contributed by atoms with E-state index in [9.17, 15) is 0 Å². The van der Waals surface area contributed by atoms with Crippen molar-refractivity contribution >= 4 is 5.96 Å². The number of piperidine rings is 1. The molecule has 1 atom stereocenters. The number of guanidine groups is 1. The zero-order chi connectivity index (χ0) is 17.5. The van der Waals surface area contributed by atoms with Gasteiger partial charge in [0.25, 0.3) is 0 Å². The normalized spacial score (nSPS) is 24.9. The summed E-state index contributed by atoms with van der Waals surface area (Å²) in [6.45, 7) is 10.1. The molecule has 0 saturated carbocycles. The van der Waals surface area contributed by atoms with Crippen LogP contribution in [0.25, 0.3) is 0 Å². The number of hydrogen-bond acceptors (Lipinski definition) is 3. The van der Waals surface area contributed by atoms with Crippen LogP contribution in [0.5, 0.6) is 0 Å². The van der Waals surface area contributed by atoms with Crippen LogP contribution in [0.1, 0.15) is 45.3 Å². The average molecular weight is 348 g/mol. The van der Waals surface area contributed by atoms with Gasteiger partial charge in [-0.2, -0.15) is 0 Å². The fraction of sp³-hybridized carbons (Fsp3) is 0.750. The molecule has 1 aromatic heterocycles. The quantitative estimate of drug-likeness (QED) is 0.656. The maximum atomic E-state index is 5.82. The second-order valence-corrected chi connectivity index (χ2v) is 8.00. The Morgan fingerprint density at radius 3 is 2.96 bits per heavy atom. The highest BCUT2D eigenvalue weighted by Gasteiger charge is 2.38. The van der Waals surface area contributed by atoms with Gasteiger partial charge in [-0.15, -0.1) is 0 Å². The molecule has 2 saturated heterocycles. The van der Waals surface area contributed by atoms with Crippen molar-refractivity contribution in [2.45, 2.75) is 46.0 Å². The smallest absolute Gasteiger partial charge is 0.193 e. The highest BCUT2D eigenvalue weighted by Crippen LogP contribution is 2.37. The molecule has 3 rings (SSSR count). The predicted molar refractivity (Wildman–Crippen MR) is 101 cm³/mol. The summed E-state index contributed by atoms with van der Waals surface area (Å²) >= 11 is 0. The molecule has 5 heteroatoms. The SMILES string of the molecule is CC(C)CN=C(NCCc1ccco1)N1CCCC2(CCCOC2)C1. The second kappa shape index (κ2) is 8.75. The molecule has 2 fully saturated rings. The van der Waals surface area contributed by atoms with Gasteiger partial charge in [-0.1, -0.05) is 13.8 Å². The topological polar surface area (TPSA) is 50.0 Å². The highest BCUT2D eigenvalue weighted by molar-refractivity contribution is 5.80. The Hall–Kier alpha value is -1.49. The molecule has 2 aliphatic rings. The molecule has 0 radical (unpaired) electrons. The Kier molecular flexibility index (Phi) is 6.40. The molecule has 5 nitrogen and oxygen atoms in total. The number of ether oxygens (including phenoxy) is 1. The van der Waals surface area contributed by atoms with Crippen molar-refractivity contribution < 1.29 is 9.15 Å². The van der Waals surface area contributed by atoms with Crippen LogP contribution in [0.3, 0.4) is 0 Å². The molecular formula is C20H33N3O2. The molecule has 0 aliphatic carbocycles. The van der Waals surface area contributed by atoms with E-state index in [2.05, 4.69) is 24.1 Å². The Labute approximate surface area is 151 Å². The number of nitrogens with zero attached hydrogens (tertiary/aromatic N) is 2. The van der Waals surface area contributed by atoms with Crippen LogP contribution in [-0.2, 0) is 11.2 Å². The van der Waals surface area contributed by atoms with Gasteiger partial charge in [-0.3, -0.25) is 4.99 Å². The van der Waals surface area contributed by atoms with Gasteiger partial charge in [-0.25, -0.2) is 0 Å². The van der Waals surface area contributed by atoms with E-state index in [0.717, 1.165) is 57.5 Å². The van der Waals surface area contributed by atoms with Gasteiger partial charge in [0.15, 0.2) is 5.96 Å². The van der Waals surface area contributed by atoms with Crippen LogP contribution >= 0.6 is 0 Å². The molecule has 1 aromatic rings. The maximum absolute atomic E-state index is 5.82. The zero-order valence-electron chi connectivity index (χ0n) is 15.8. The van der Waals surface area contributed by atoms with Crippen molar-refractivity contribution in [3.8, 4) is 0 Å². The van der Waals surface area contributed by atoms with Crippen LogP contribution in [0, 0.1) is 11.3 Å². The van der Waals surface area contributed by atoms with E-state index in [0.29, 0.717) is 11.3 Å². The number of rotatable bonds is 5. The van der Waals surface area contributed by atoms with E-state index < -0.39 is 0 Å². The lowest BCUT2D eigenvalue weighted by Crippen LogP contribution is -2.53. The first kappa shape index (κ1) is 18.3. The fourth-order valence-corrected chi connectivity index (χ4v) is 3.91. The number of furan rings is 1. The van der Waals surface area contributed by atoms with E-state index in [-0.39, 0.29) is 0 Å². The molecule has 0 aromatic carbocycles. The molecule has 3 heterocycles. The van der Waals surface area contributed by atoms with E-state index in [4.69, 9.17) is 14.1 Å². The molecule has 25 heavy (non-hydrogen) atoms. The van der Waals surface area contributed by atoms with Crippen molar-refractivity contribution in [3.63, 3.8) is 0 Å². The van der Waals surface area contributed by atoms with Crippen LogP contribution in [0.2, 0.25) is 0 Å².